The van der Waals surface area contributed by atoms with E-state index < -0.39 is 0 Å². The number of benzene rings is 1. The second-order valence-corrected chi connectivity index (χ2v) is 8.78. The third-order valence-corrected chi connectivity index (χ3v) is 6.34. The van der Waals surface area contributed by atoms with Crippen LogP contribution in [0.3, 0.4) is 0 Å². The predicted molar refractivity (Wildman–Crippen MR) is 125 cm³/mol. The molecular formula is C24H29ClN4O3. The Morgan fingerprint density at radius 1 is 1.00 bits per heavy atom. The summed E-state index contributed by atoms with van der Waals surface area (Å²) in [5.41, 5.74) is 0.733. The zero-order valence-electron chi connectivity index (χ0n) is 18.1. The van der Waals surface area contributed by atoms with Gasteiger partial charge in [-0.25, -0.2) is 4.98 Å². The first kappa shape index (κ1) is 22.4. The molecule has 0 spiro atoms. The lowest BCUT2D eigenvalue weighted by molar-refractivity contribution is -0.133. The van der Waals surface area contributed by atoms with Crippen molar-refractivity contribution in [2.75, 3.05) is 43.0 Å². The van der Waals surface area contributed by atoms with Gasteiger partial charge in [-0.2, -0.15) is 0 Å². The first-order valence-corrected chi connectivity index (χ1v) is 11.6. The van der Waals surface area contributed by atoms with Gasteiger partial charge in [-0.3, -0.25) is 9.59 Å². The Labute approximate surface area is 193 Å². The van der Waals surface area contributed by atoms with E-state index in [0.717, 1.165) is 50.2 Å². The van der Waals surface area contributed by atoms with Crippen molar-refractivity contribution in [3.63, 3.8) is 0 Å². The minimum absolute atomic E-state index is 0.00920. The van der Waals surface area contributed by atoms with E-state index in [0.29, 0.717) is 30.4 Å². The van der Waals surface area contributed by atoms with Crippen LogP contribution in [-0.2, 0) is 9.59 Å². The average molecular weight is 457 g/mol. The number of ether oxygens (including phenoxy) is 1. The van der Waals surface area contributed by atoms with Crippen molar-refractivity contribution in [2.24, 2.45) is 5.92 Å². The van der Waals surface area contributed by atoms with E-state index in [2.05, 4.69) is 15.2 Å². The lowest BCUT2D eigenvalue weighted by Crippen LogP contribution is -2.38. The van der Waals surface area contributed by atoms with Crippen LogP contribution in [0, 0.1) is 5.92 Å². The number of aromatic nitrogens is 1. The SMILES string of the molecule is O=C(Nc1ccc(N2CCCN(C(=O)COc3ccc(Cl)cc3)CC2)nc1)C1CCCC1. The van der Waals surface area contributed by atoms with Crippen molar-refractivity contribution in [3.05, 3.63) is 47.6 Å². The molecule has 1 N–H and O–H groups in total. The molecule has 0 radical (unpaired) electrons. The molecule has 7 nitrogen and oxygen atoms in total. The number of carbonyl (C=O) groups is 2. The highest BCUT2D eigenvalue weighted by Gasteiger charge is 2.23. The number of pyridine rings is 1. The molecule has 2 aromatic rings. The van der Waals surface area contributed by atoms with Crippen LogP contribution in [0.25, 0.3) is 0 Å². The maximum atomic E-state index is 12.6. The van der Waals surface area contributed by atoms with Crippen molar-refractivity contribution in [1.29, 1.82) is 0 Å². The van der Waals surface area contributed by atoms with E-state index in [1.807, 2.05) is 17.0 Å². The fourth-order valence-corrected chi connectivity index (χ4v) is 4.37. The van der Waals surface area contributed by atoms with Crippen LogP contribution < -0.4 is 15.0 Å². The summed E-state index contributed by atoms with van der Waals surface area (Å²) in [6.07, 6.45) is 6.80. The van der Waals surface area contributed by atoms with Crippen LogP contribution in [0.2, 0.25) is 5.02 Å². The minimum atomic E-state index is -0.0280. The van der Waals surface area contributed by atoms with Crippen LogP contribution >= 0.6 is 11.6 Å². The molecule has 0 atom stereocenters. The number of halogens is 1. The maximum absolute atomic E-state index is 12.6. The number of amides is 2. The van der Waals surface area contributed by atoms with Crippen molar-refractivity contribution in [3.8, 4) is 5.75 Å². The third kappa shape index (κ3) is 5.91. The molecule has 2 amide bonds. The molecule has 32 heavy (non-hydrogen) atoms. The van der Waals surface area contributed by atoms with Crippen LogP contribution in [0.15, 0.2) is 42.6 Å². The molecule has 1 aromatic heterocycles. The first-order chi connectivity index (χ1) is 15.6. The van der Waals surface area contributed by atoms with Gasteiger partial charge < -0.3 is 19.9 Å². The summed E-state index contributed by atoms with van der Waals surface area (Å²) in [7, 11) is 0. The number of rotatable bonds is 6. The fourth-order valence-electron chi connectivity index (χ4n) is 4.24. The van der Waals surface area contributed by atoms with E-state index in [1.165, 1.54) is 0 Å². The molecule has 1 aromatic carbocycles. The van der Waals surface area contributed by atoms with Gasteiger partial charge in [-0.15, -0.1) is 0 Å². The van der Waals surface area contributed by atoms with E-state index in [-0.39, 0.29) is 24.3 Å². The molecule has 2 heterocycles. The van der Waals surface area contributed by atoms with Gasteiger partial charge in [0.1, 0.15) is 11.6 Å². The molecule has 2 fully saturated rings. The third-order valence-electron chi connectivity index (χ3n) is 6.09. The van der Waals surface area contributed by atoms with Crippen molar-refractivity contribution in [2.45, 2.75) is 32.1 Å². The van der Waals surface area contributed by atoms with Crippen molar-refractivity contribution < 1.29 is 14.3 Å². The molecular weight excluding hydrogens is 428 g/mol. The predicted octanol–water partition coefficient (Wildman–Crippen LogP) is 3.98. The molecule has 1 saturated heterocycles. The summed E-state index contributed by atoms with van der Waals surface area (Å²) in [6.45, 7) is 2.84. The second-order valence-electron chi connectivity index (χ2n) is 8.34. The summed E-state index contributed by atoms with van der Waals surface area (Å²) in [5, 5.41) is 3.62. The summed E-state index contributed by atoms with van der Waals surface area (Å²) >= 11 is 5.88. The van der Waals surface area contributed by atoms with E-state index in [1.54, 1.807) is 30.5 Å². The van der Waals surface area contributed by atoms with Gasteiger partial charge in [-0.1, -0.05) is 24.4 Å². The maximum Gasteiger partial charge on any atom is 0.260 e. The second kappa shape index (κ2) is 10.7. The van der Waals surface area contributed by atoms with Gasteiger partial charge >= 0.3 is 0 Å². The van der Waals surface area contributed by atoms with Crippen LogP contribution in [0.4, 0.5) is 11.5 Å². The molecule has 170 valence electrons. The number of hydrogen-bond acceptors (Lipinski definition) is 5. The number of nitrogens with zero attached hydrogens (tertiary/aromatic N) is 3. The van der Waals surface area contributed by atoms with E-state index in [9.17, 15) is 9.59 Å². The van der Waals surface area contributed by atoms with E-state index in [4.69, 9.17) is 16.3 Å². The number of carbonyl (C=O) groups excluding carboxylic acids is 2. The smallest absolute Gasteiger partial charge is 0.260 e. The molecule has 0 bridgehead atoms. The van der Waals surface area contributed by atoms with Crippen LogP contribution in [0.5, 0.6) is 5.75 Å². The largest absolute Gasteiger partial charge is 0.484 e. The monoisotopic (exact) mass is 456 g/mol. The van der Waals surface area contributed by atoms with Gasteiger partial charge in [0.2, 0.25) is 5.91 Å². The molecule has 2 aliphatic rings. The molecule has 8 heteroatoms. The topological polar surface area (TPSA) is 74.8 Å². The van der Waals surface area contributed by atoms with Gasteiger partial charge in [0.25, 0.3) is 5.91 Å². The lowest BCUT2D eigenvalue weighted by atomic mass is 10.1. The van der Waals surface area contributed by atoms with E-state index >= 15 is 0 Å². The summed E-state index contributed by atoms with van der Waals surface area (Å²) < 4.78 is 5.60. The number of hydrogen-bond donors (Lipinski definition) is 1. The van der Waals surface area contributed by atoms with Gasteiger partial charge in [0.15, 0.2) is 6.61 Å². The Bertz CT molecular complexity index is 914. The lowest BCUT2D eigenvalue weighted by Gasteiger charge is -2.23. The fraction of sp³-hybridized carbons (Fsp3) is 0.458. The van der Waals surface area contributed by atoms with Crippen LogP contribution in [-0.4, -0.2) is 54.5 Å². The summed E-state index contributed by atoms with van der Waals surface area (Å²) in [5.74, 6) is 1.69. The highest BCUT2D eigenvalue weighted by Crippen LogP contribution is 2.26. The summed E-state index contributed by atoms with van der Waals surface area (Å²) in [4.78, 5) is 33.5. The molecule has 4 rings (SSSR count). The zero-order valence-corrected chi connectivity index (χ0v) is 18.9. The Hall–Kier alpha value is -2.80. The van der Waals surface area contributed by atoms with Gasteiger partial charge in [-0.05, 0) is 55.7 Å². The van der Waals surface area contributed by atoms with Gasteiger partial charge in [0.05, 0.1) is 11.9 Å². The zero-order chi connectivity index (χ0) is 22.3. The Kier molecular flexibility index (Phi) is 7.47. The number of anilines is 2. The average Bonchev–Trinajstić information content (AvgIpc) is 3.24. The van der Waals surface area contributed by atoms with Crippen LogP contribution in [0.1, 0.15) is 32.1 Å². The van der Waals surface area contributed by atoms with Gasteiger partial charge in [0, 0.05) is 37.1 Å². The highest BCUT2D eigenvalue weighted by atomic mass is 35.5. The minimum Gasteiger partial charge on any atom is -0.484 e. The first-order valence-electron chi connectivity index (χ1n) is 11.3. The molecule has 1 aliphatic carbocycles. The molecule has 0 unspecified atom stereocenters. The molecule has 1 aliphatic heterocycles. The Morgan fingerprint density at radius 3 is 2.50 bits per heavy atom. The Morgan fingerprint density at radius 2 is 1.78 bits per heavy atom. The quantitative estimate of drug-likeness (QED) is 0.711. The molecule has 1 saturated carbocycles. The standard InChI is InChI=1S/C24H29ClN4O3/c25-19-6-9-21(10-7-19)32-17-23(30)29-13-3-12-28(14-15-29)22-11-8-20(16-26-22)27-24(31)18-4-1-2-5-18/h6-11,16,18H,1-5,12-15,17H2,(H,27,31). The number of nitrogens with one attached hydrogen (secondary N) is 1. The summed E-state index contributed by atoms with van der Waals surface area (Å²) in [6, 6.07) is 10.8. The van der Waals surface area contributed by atoms with Crippen molar-refractivity contribution in [1.82, 2.24) is 9.88 Å². The Balaban J connectivity index is 1.26. The normalized spacial score (nSPS) is 17.2. The van der Waals surface area contributed by atoms with Crippen molar-refractivity contribution >= 4 is 34.9 Å². The highest BCUT2D eigenvalue weighted by molar-refractivity contribution is 6.30.